The molecule has 2 nitrogen and oxygen atoms in total. The zero-order chi connectivity index (χ0) is 13.9. The van der Waals surface area contributed by atoms with Crippen LogP contribution in [0.25, 0.3) is 0 Å². The number of hydrogen-bond donors (Lipinski definition) is 1. The molecule has 3 heteroatoms. The average Bonchev–Trinajstić information content (AvgIpc) is 2.42. The molecule has 0 fully saturated rings. The Morgan fingerprint density at radius 3 is 2.32 bits per heavy atom. The Labute approximate surface area is 121 Å². The number of halogens is 1. The number of carbonyl (C=O) groups is 1. The maximum atomic E-state index is 12.4. The van der Waals surface area contributed by atoms with Crippen LogP contribution in [0.15, 0.2) is 59.1 Å². The van der Waals surface area contributed by atoms with E-state index < -0.39 is 5.54 Å². The Morgan fingerprint density at radius 2 is 1.68 bits per heavy atom. The van der Waals surface area contributed by atoms with Crippen LogP contribution in [0.5, 0.6) is 0 Å². The molecule has 0 spiro atoms. The van der Waals surface area contributed by atoms with Crippen LogP contribution in [-0.2, 0) is 16.8 Å². The van der Waals surface area contributed by atoms with Crippen molar-refractivity contribution in [2.75, 3.05) is 0 Å². The van der Waals surface area contributed by atoms with Crippen LogP contribution in [0.2, 0.25) is 0 Å². The largest absolute Gasteiger partial charge is 0.315 e. The van der Waals surface area contributed by atoms with E-state index in [4.69, 9.17) is 5.73 Å². The van der Waals surface area contributed by atoms with Crippen LogP contribution in [0.4, 0.5) is 0 Å². The van der Waals surface area contributed by atoms with Crippen LogP contribution in [0.3, 0.4) is 0 Å². The first-order valence-electron chi connectivity index (χ1n) is 6.13. The minimum Gasteiger partial charge on any atom is -0.315 e. The summed E-state index contributed by atoms with van der Waals surface area (Å²) in [6.07, 6.45) is 0.323. The van der Waals surface area contributed by atoms with Gasteiger partial charge in [-0.15, -0.1) is 0 Å². The summed E-state index contributed by atoms with van der Waals surface area (Å²) in [4.78, 5) is 12.4. The van der Waals surface area contributed by atoms with E-state index in [1.54, 1.807) is 6.92 Å². The molecule has 2 N–H and O–H groups in total. The molecule has 1 unspecified atom stereocenters. The summed E-state index contributed by atoms with van der Waals surface area (Å²) < 4.78 is 0.937. The molecule has 0 aromatic heterocycles. The van der Waals surface area contributed by atoms with E-state index in [0.717, 1.165) is 15.6 Å². The van der Waals surface area contributed by atoms with Gasteiger partial charge in [-0.2, -0.15) is 0 Å². The monoisotopic (exact) mass is 317 g/mol. The van der Waals surface area contributed by atoms with Gasteiger partial charge in [0.15, 0.2) is 5.78 Å². The van der Waals surface area contributed by atoms with E-state index in [2.05, 4.69) is 15.9 Å². The van der Waals surface area contributed by atoms with E-state index >= 15 is 0 Å². The molecule has 98 valence electrons. The first kappa shape index (κ1) is 14.0. The molecule has 0 heterocycles. The van der Waals surface area contributed by atoms with Crippen LogP contribution in [0.1, 0.15) is 18.1 Å². The molecule has 2 aromatic carbocycles. The molecule has 0 bridgehead atoms. The molecule has 0 aliphatic rings. The zero-order valence-corrected chi connectivity index (χ0v) is 12.4. The molecule has 0 aliphatic heterocycles. The zero-order valence-electron chi connectivity index (χ0n) is 10.8. The van der Waals surface area contributed by atoms with Gasteiger partial charge in [-0.25, -0.2) is 0 Å². The van der Waals surface area contributed by atoms with Gasteiger partial charge in [0.25, 0.3) is 0 Å². The fraction of sp³-hybridized carbons (Fsp3) is 0.188. The minimum atomic E-state index is -0.962. The fourth-order valence-corrected chi connectivity index (χ4v) is 2.37. The molecular formula is C16H16BrNO. The molecule has 2 rings (SSSR count). The van der Waals surface area contributed by atoms with Crippen molar-refractivity contribution in [1.29, 1.82) is 0 Å². The summed E-state index contributed by atoms with van der Waals surface area (Å²) in [6.45, 7) is 1.77. The molecule has 0 amide bonds. The minimum absolute atomic E-state index is 0.00519. The van der Waals surface area contributed by atoms with Crippen molar-refractivity contribution >= 4 is 21.7 Å². The van der Waals surface area contributed by atoms with Gasteiger partial charge >= 0.3 is 0 Å². The van der Waals surface area contributed by atoms with E-state index in [1.165, 1.54) is 0 Å². The van der Waals surface area contributed by atoms with E-state index in [9.17, 15) is 4.79 Å². The number of carbonyl (C=O) groups excluding carboxylic acids is 1. The average molecular weight is 318 g/mol. The Kier molecular flexibility index (Phi) is 4.17. The summed E-state index contributed by atoms with van der Waals surface area (Å²) in [7, 11) is 0. The summed E-state index contributed by atoms with van der Waals surface area (Å²) >= 11 is 3.45. The number of Topliss-reactive ketones (excluding diaryl/α,β-unsaturated/α-hetero) is 1. The highest BCUT2D eigenvalue weighted by atomic mass is 79.9. The van der Waals surface area contributed by atoms with E-state index in [0.29, 0.717) is 6.42 Å². The lowest BCUT2D eigenvalue weighted by Crippen LogP contribution is -2.42. The van der Waals surface area contributed by atoms with Crippen molar-refractivity contribution in [1.82, 2.24) is 0 Å². The topological polar surface area (TPSA) is 43.1 Å². The van der Waals surface area contributed by atoms with Crippen molar-refractivity contribution in [3.05, 3.63) is 70.2 Å². The van der Waals surface area contributed by atoms with Gasteiger partial charge in [0.1, 0.15) is 0 Å². The maximum absolute atomic E-state index is 12.4. The predicted octanol–water partition coefficient (Wildman–Crippen LogP) is 3.43. The lowest BCUT2D eigenvalue weighted by Gasteiger charge is -2.24. The van der Waals surface area contributed by atoms with Gasteiger partial charge in [0, 0.05) is 10.9 Å². The van der Waals surface area contributed by atoms with Gasteiger partial charge in [0.05, 0.1) is 5.54 Å². The molecule has 1 atom stereocenters. The summed E-state index contributed by atoms with van der Waals surface area (Å²) in [6, 6.07) is 17.2. The predicted molar refractivity (Wildman–Crippen MR) is 80.8 cm³/mol. The maximum Gasteiger partial charge on any atom is 0.161 e. The van der Waals surface area contributed by atoms with Crippen molar-refractivity contribution in [3.8, 4) is 0 Å². The lowest BCUT2D eigenvalue weighted by atomic mass is 9.86. The van der Waals surface area contributed by atoms with Crippen LogP contribution in [-0.4, -0.2) is 5.78 Å². The Balaban J connectivity index is 2.23. The smallest absolute Gasteiger partial charge is 0.161 e. The first-order valence-corrected chi connectivity index (χ1v) is 6.92. The molecule has 0 aliphatic carbocycles. The van der Waals surface area contributed by atoms with Crippen molar-refractivity contribution < 1.29 is 4.79 Å². The molecule has 2 aromatic rings. The standard InChI is InChI=1S/C16H16BrNO/c1-16(18,13-8-3-2-4-9-13)15(19)11-12-7-5-6-10-14(12)17/h2-10H,11,18H2,1H3. The Morgan fingerprint density at radius 1 is 1.11 bits per heavy atom. The summed E-state index contributed by atoms with van der Waals surface area (Å²) in [5, 5.41) is 0. The highest BCUT2D eigenvalue weighted by Crippen LogP contribution is 2.23. The lowest BCUT2D eigenvalue weighted by molar-refractivity contribution is -0.123. The second-order valence-electron chi connectivity index (χ2n) is 4.76. The number of nitrogens with two attached hydrogens (primary N) is 1. The molecule has 0 saturated carbocycles. The highest BCUT2D eigenvalue weighted by molar-refractivity contribution is 9.10. The number of hydrogen-bond acceptors (Lipinski definition) is 2. The van der Waals surface area contributed by atoms with Crippen molar-refractivity contribution in [2.24, 2.45) is 5.73 Å². The van der Waals surface area contributed by atoms with Crippen LogP contribution in [0, 0.1) is 0 Å². The van der Waals surface area contributed by atoms with Gasteiger partial charge in [0.2, 0.25) is 0 Å². The third kappa shape index (κ3) is 3.11. The number of benzene rings is 2. The van der Waals surface area contributed by atoms with Crippen LogP contribution >= 0.6 is 15.9 Å². The third-order valence-corrected chi connectivity index (χ3v) is 4.04. The first-order chi connectivity index (χ1) is 9.01. The second kappa shape index (κ2) is 5.68. The SMILES string of the molecule is CC(N)(C(=O)Cc1ccccc1Br)c1ccccc1. The summed E-state index contributed by atoms with van der Waals surface area (Å²) in [5.74, 6) is 0.00519. The molecule has 0 radical (unpaired) electrons. The third-order valence-electron chi connectivity index (χ3n) is 3.26. The van der Waals surface area contributed by atoms with Crippen molar-refractivity contribution in [2.45, 2.75) is 18.9 Å². The highest BCUT2D eigenvalue weighted by Gasteiger charge is 2.30. The van der Waals surface area contributed by atoms with Crippen LogP contribution < -0.4 is 5.73 Å². The van der Waals surface area contributed by atoms with Gasteiger partial charge in [-0.1, -0.05) is 64.5 Å². The molecule has 0 saturated heterocycles. The number of ketones is 1. The number of rotatable bonds is 4. The Bertz CT molecular complexity index is 578. The molecular weight excluding hydrogens is 302 g/mol. The quantitative estimate of drug-likeness (QED) is 0.938. The fourth-order valence-electron chi connectivity index (χ4n) is 1.94. The van der Waals surface area contributed by atoms with Gasteiger partial charge in [-0.3, -0.25) is 4.79 Å². The molecule has 19 heavy (non-hydrogen) atoms. The van der Waals surface area contributed by atoms with Gasteiger partial charge < -0.3 is 5.73 Å². The summed E-state index contributed by atoms with van der Waals surface area (Å²) in [5.41, 5.74) is 7.05. The van der Waals surface area contributed by atoms with Crippen molar-refractivity contribution in [3.63, 3.8) is 0 Å². The normalized spacial score (nSPS) is 13.8. The second-order valence-corrected chi connectivity index (χ2v) is 5.61. The van der Waals surface area contributed by atoms with Gasteiger partial charge in [-0.05, 0) is 24.1 Å². The van der Waals surface area contributed by atoms with E-state index in [-0.39, 0.29) is 5.78 Å². The van der Waals surface area contributed by atoms with E-state index in [1.807, 2.05) is 54.6 Å². The Hall–Kier alpha value is -1.45.